The molecule has 0 aliphatic heterocycles. The van der Waals surface area contributed by atoms with Crippen LogP contribution in [0.5, 0.6) is 5.75 Å². The molecule has 2 heterocycles. The van der Waals surface area contributed by atoms with Crippen molar-refractivity contribution in [3.05, 3.63) is 77.2 Å². The van der Waals surface area contributed by atoms with Gasteiger partial charge in [0.1, 0.15) is 11.6 Å². The first-order chi connectivity index (χ1) is 14.6. The number of benzene rings is 2. The van der Waals surface area contributed by atoms with E-state index in [1.54, 1.807) is 25.1 Å². The Balaban J connectivity index is 1.68. The molecule has 0 fully saturated rings. The lowest BCUT2D eigenvalue weighted by Gasteiger charge is -2.12. The van der Waals surface area contributed by atoms with E-state index in [2.05, 4.69) is 15.5 Å². The summed E-state index contributed by atoms with van der Waals surface area (Å²) in [6, 6.07) is 15.1. The summed E-state index contributed by atoms with van der Waals surface area (Å²) in [6.45, 7) is 4.51. The number of nitrogens with zero attached hydrogens (tertiary/aromatic N) is 2. The van der Waals surface area contributed by atoms with Crippen molar-refractivity contribution in [2.24, 2.45) is 0 Å². The zero-order chi connectivity index (χ0) is 21.1. The Morgan fingerprint density at radius 2 is 1.93 bits per heavy atom. The van der Waals surface area contributed by atoms with Crippen LogP contribution in [-0.4, -0.2) is 22.7 Å². The number of pyridine rings is 1. The van der Waals surface area contributed by atoms with Crippen molar-refractivity contribution in [1.82, 2.24) is 15.5 Å². The number of amides is 1. The van der Waals surface area contributed by atoms with Crippen LogP contribution in [0.2, 0.25) is 0 Å². The molecule has 7 heteroatoms. The SMILES string of the molecule is CCOc1ccccc1CNC(=O)c1cc(-c2ccc(F)cc2)nc2onc(C)c12. The minimum absolute atomic E-state index is 0.259. The third kappa shape index (κ3) is 3.87. The number of carbonyl (C=O) groups is 1. The molecule has 30 heavy (non-hydrogen) atoms. The lowest BCUT2D eigenvalue weighted by Crippen LogP contribution is -2.23. The molecule has 0 spiro atoms. The molecule has 0 bridgehead atoms. The van der Waals surface area contributed by atoms with Gasteiger partial charge in [0.25, 0.3) is 11.6 Å². The Hall–Kier alpha value is -3.74. The molecule has 1 N–H and O–H groups in total. The number of rotatable bonds is 6. The van der Waals surface area contributed by atoms with E-state index in [1.807, 2.05) is 31.2 Å². The molecule has 0 aliphatic carbocycles. The fourth-order valence-corrected chi connectivity index (χ4v) is 3.26. The first-order valence-corrected chi connectivity index (χ1v) is 9.58. The van der Waals surface area contributed by atoms with Crippen LogP contribution in [0.15, 0.2) is 59.1 Å². The highest BCUT2D eigenvalue weighted by Gasteiger charge is 2.19. The highest BCUT2D eigenvalue weighted by molar-refractivity contribution is 6.07. The number of fused-ring (bicyclic) bond motifs is 1. The maximum absolute atomic E-state index is 13.3. The van der Waals surface area contributed by atoms with Crippen LogP contribution in [-0.2, 0) is 6.54 Å². The molecule has 0 saturated heterocycles. The van der Waals surface area contributed by atoms with Gasteiger partial charge in [-0.3, -0.25) is 4.79 Å². The largest absolute Gasteiger partial charge is 0.494 e. The summed E-state index contributed by atoms with van der Waals surface area (Å²) in [4.78, 5) is 17.5. The zero-order valence-corrected chi connectivity index (χ0v) is 16.6. The Morgan fingerprint density at radius 3 is 2.70 bits per heavy atom. The Kier molecular flexibility index (Phi) is 5.43. The minimum atomic E-state index is -0.346. The highest BCUT2D eigenvalue weighted by Crippen LogP contribution is 2.27. The lowest BCUT2D eigenvalue weighted by molar-refractivity contribution is 0.0952. The molecule has 0 saturated carbocycles. The van der Waals surface area contributed by atoms with Gasteiger partial charge in [-0.2, -0.15) is 0 Å². The Morgan fingerprint density at radius 1 is 1.17 bits per heavy atom. The summed E-state index contributed by atoms with van der Waals surface area (Å²) in [5, 5.41) is 7.43. The molecule has 0 unspecified atom stereocenters. The van der Waals surface area contributed by atoms with Gasteiger partial charge in [-0.1, -0.05) is 23.4 Å². The molecule has 0 atom stereocenters. The van der Waals surface area contributed by atoms with Gasteiger partial charge in [0.05, 0.1) is 28.9 Å². The lowest BCUT2D eigenvalue weighted by atomic mass is 10.0. The van der Waals surface area contributed by atoms with E-state index in [0.29, 0.717) is 41.1 Å². The van der Waals surface area contributed by atoms with Gasteiger partial charge in [-0.05, 0) is 50.2 Å². The van der Waals surface area contributed by atoms with Crippen LogP contribution in [0.25, 0.3) is 22.4 Å². The molecule has 6 nitrogen and oxygen atoms in total. The molecule has 2 aromatic carbocycles. The summed E-state index contributed by atoms with van der Waals surface area (Å²) in [7, 11) is 0. The average Bonchev–Trinajstić information content (AvgIpc) is 3.14. The second-order valence-corrected chi connectivity index (χ2v) is 6.73. The summed E-state index contributed by atoms with van der Waals surface area (Å²) < 4.78 is 24.2. The van der Waals surface area contributed by atoms with E-state index in [1.165, 1.54) is 12.1 Å². The van der Waals surface area contributed by atoms with E-state index in [4.69, 9.17) is 9.26 Å². The van der Waals surface area contributed by atoms with Crippen molar-refractivity contribution in [2.45, 2.75) is 20.4 Å². The second-order valence-electron chi connectivity index (χ2n) is 6.73. The molecule has 152 valence electrons. The number of hydrogen-bond donors (Lipinski definition) is 1. The van der Waals surface area contributed by atoms with Gasteiger partial charge >= 0.3 is 0 Å². The van der Waals surface area contributed by atoms with Gasteiger partial charge in [-0.25, -0.2) is 9.37 Å². The average molecular weight is 405 g/mol. The van der Waals surface area contributed by atoms with Crippen LogP contribution in [0, 0.1) is 12.7 Å². The fraction of sp³-hybridized carbons (Fsp3) is 0.174. The van der Waals surface area contributed by atoms with Gasteiger partial charge in [-0.15, -0.1) is 0 Å². The molecular weight excluding hydrogens is 385 g/mol. The van der Waals surface area contributed by atoms with Crippen molar-refractivity contribution < 1.29 is 18.4 Å². The summed E-state index contributed by atoms with van der Waals surface area (Å²) >= 11 is 0. The number of carbonyl (C=O) groups excluding carboxylic acids is 1. The van der Waals surface area contributed by atoms with Crippen molar-refractivity contribution in [3.63, 3.8) is 0 Å². The second kappa shape index (κ2) is 8.32. The number of hydrogen-bond acceptors (Lipinski definition) is 5. The van der Waals surface area contributed by atoms with Gasteiger partial charge in [0.15, 0.2) is 0 Å². The third-order valence-corrected chi connectivity index (χ3v) is 4.71. The van der Waals surface area contributed by atoms with Crippen LogP contribution in [0.4, 0.5) is 4.39 Å². The summed E-state index contributed by atoms with van der Waals surface area (Å²) in [6.07, 6.45) is 0. The molecule has 0 radical (unpaired) electrons. The van der Waals surface area contributed by atoms with Crippen molar-refractivity contribution in [2.75, 3.05) is 6.61 Å². The van der Waals surface area contributed by atoms with Crippen LogP contribution in [0.3, 0.4) is 0 Å². The zero-order valence-electron chi connectivity index (χ0n) is 16.6. The smallest absolute Gasteiger partial charge is 0.259 e. The number of nitrogens with one attached hydrogen (secondary N) is 1. The molecule has 1 amide bonds. The van der Waals surface area contributed by atoms with Crippen molar-refractivity contribution in [3.8, 4) is 17.0 Å². The first-order valence-electron chi connectivity index (χ1n) is 9.58. The maximum atomic E-state index is 13.3. The van der Waals surface area contributed by atoms with Crippen molar-refractivity contribution in [1.29, 1.82) is 0 Å². The Bertz CT molecular complexity index is 1200. The first kappa shape index (κ1) is 19.6. The van der Waals surface area contributed by atoms with Gasteiger partial charge in [0.2, 0.25) is 0 Å². The molecular formula is C23H20FN3O3. The van der Waals surface area contributed by atoms with Crippen LogP contribution in [0.1, 0.15) is 28.5 Å². The molecule has 4 rings (SSSR count). The fourth-order valence-electron chi connectivity index (χ4n) is 3.26. The number of aryl methyl sites for hydroxylation is 1. The monoisotopic (exact) mass is 405 g/mol. The van der Waals surface area contributed by atoms with E-state index < -0.39 is 0 Å². The molecule has 2 aromatic heterocycles. The number of halogens is 1. The van der Waals surface area contributed by atoms with Crippen molar-refractivity contribution >= 4 is 17.0 Å². The predicted octanol–water partition coefficient (Wildman–Crippen LogP) is 4.67. The van der Waals surface area contributed by atoms with E-state index in [9.17, 15) is 9.18 Å². The van der Waals surface area contributed by atoms with E-state index in [0.717, 1.165) is 11.3 Å². The normalized spacial score (nSPS) is 10.9. The standard InChI is InChI=1S/C23H20FN3O3/c1-3-29-20-7-5-4-6-16(20)13-25-22(28)18-12-19(15-8-10-17(24)11-9-15)26-23-21(18)14(2)27-30-23/h4-12H,3,13H2,1-2H3,(H,25,28). The van der Waals surface area contributed by atoms with E-state index in [-0.39, 0.29) is 17.4 Å². The quantitative estimate of drug-likeness (QED) is 0.505. The van der Waals surface area contributed by atoms with Gasteiger partial charge < -0.3 is 14.6 Å². The van der Waals surface area contributed by atoms with Crippen LogP contribution < -0.4 is 10.1 Å². The minimum Gasteiger partial charge on any atom is -0.494 e. The Labute approximate surface area is 172 Å². The third-order valence-electron chi connectivity index (χ3n) is 4.71. The van der Waals surface area contributed by atoms with E-state index >= 15 is 0 Å². The predicted molar refractivity (Wildman–Crippen MR) is 111 cm³/mol. The number of aromatic nitrogens is 2. The topological polar surface area (TPSA) is 77.2 Å². The highest BCUT2D eigenvalue weighted by atomic mass is 19.1. The maximum Gasteiger partial charge on any atom is 0.259 e. The molecule has 4 aromatic rings. The van der Waals surface area contributed by atoms with Gasteiger partial charge in [0, 0.05) is 17.7 Å². The van der Waals surface area contributed by atoms with Crippen LogP contribution >= 0.6 is 0 Å². The summed E-state index contributed by atoms with van der Waals surface area (Å²) in [5.41, 5.74) is 3.27. The summed E-state index contributed by atoms with van der Waals surface area (Å²) in [5.74, 6) is 0.0953. The molecule has 0 aliphatic rings. The number of para-hydroxylation sites is 1. The number of ether oxygens (including phenoxy) is 1.